The summed E-state index contributed by atoms with van der Waals surface area (Å²) in [5, 5.41) is 9.37. The Morgan fingerprint density at radius 1 is 1.38 bits per heavy atom. The molecule has 1 aliphatic carbocycles. The molecule has 1 unspecified atom stereocenters. The highest BCUT2D eigenvalue weighted by Crippen LogP contribution is 2.49. The summed E-state index contributed by atoms with van der Waals surface area (Å²) in [7, 11) is 0. The van der Waals surface area contributed by atoms with Crippen molar-refractivity contribution in [2.75, 3.05) is 24.3 Å². The van der Waals surface area contributed by atoms with Gasteiger partial charge in [-0.25, -0.2) is 0 Å². The van der Waals surface area contributed by atoms with Gasteiger partial charge < -0.3 is 9.84 Å². The summed E-state index contributed by atoms with van der Waals surface area (Å²) in [6, 6.07) is 1.44. The third kappa shape index (κ3) is 1.49. The van der Waals surface area contributed by atoms with Gasteiger partial charge in [0.2, 0.25) is 0 Å². The average Bonchev–Trinajstić information content (AvgIpc) is 2.82. The summed E-state index contributed by atoms with van der Waals surface area (Å²) in [5.74, 6) is 0.868. The second kappa shape index (κ2) is 4.37. The van der Waals surface area contributed by atoms with Crippen LogP contribution >= 0.6 is 22.6 Å². The normalized spacial score (nSPS) is 50.6. The Bertz CT molecular complexity index is 276. The number of hydrogen-bond acceptors (Lipinski definition) is 2. The third-order valence-corrected chi connectivity index (χ3v) is 6.06. The van der Waals surface area contributed by atoms with Crippen LogP contribution in [0.2, 0.25) is 0 Å². The summed E-state index contributed by atoms with van der Waals surface area (Å²) in [6.07, 6.45) is 5.86. The van der Waals surface area contributed by atoms with Crippen LogP contribution < -0.4 is 0 Å². The number of aliphatic hydroxyl groups excluding tert-OH is 1. The number of aliphatic hydroxyl groups is 1. The first-order valence-electron chi connectivity index (χ1n) is 6.46. The van der Waals surface area contributed by atoms with E-state index in [9.17, 15) is 5.11 Å². The molecule has 0 amide bonds. The summed E-state index contributed by atoms with van der Waals surface area (Å²) in [5.41, 5.74) is 0. The average molecular weight is 338 g/mol. The van der Waals surface area contributed by atoms with Crippen molar-refractivity contribution in [3.8, 4) is 0 Å². The Hall–Kier alpha value is 0.610. The summed E-state index contributed by atoms with van der Waals surface area (Å²) in [6.45, 7) is 2.08. The highest BCUT2D eigenvalue weighted by Gasteiger charge is 2.62. The molecule has 92 valence electrons. The maximum absolute atomic E-state index is 9.37. The number of rotatable bonds is 3. The van der Waals surface area contributed by atoms with Crippen LogP contribution in [0, 0.1) is 5.92 Å². The van der Waals surface area contributed by atoms with E-state index >= 15 is 0 Å². The minimum Gasteiger partial charge on any atom is -0.391 e. The predicted molar refractivity (Wildman–Crippen MR) is 70.4 cm³/mol. The fraction of sp³-hybridized carbons (Fsp3) is 1.00. The van der Waals surface area contributed by atoms with E-state index < -0.39 is 0 Å². The van der Waals surface area contributed by atoms with Gasteiger partial charge in [-0.05, 0) is 12.8 Å². The van der Waals surface area contributed by atoms with Crippen LogP contribution in [-0.2, 0) is 4.74 Å². The lowest BCUT2D eigenvalue weighted by atomic mass is 9.83. The lowest BCUT2D eigenvalue weighted by Gasteiger charge is -2.40. The number of hydrogen-bond donors (Lipinski definition) is 1. The SMILES string of the molecule is OCC[N+]12CO[C@@H]3CCC[C@@H](C[C@@H]1CI)[C@@H]32. The smallest absolute Gasteiger partial charge is 0.184 e. The first-order valence-corrected chi connectivity index (χ1v) is 7.99. The molecule has 0 radical (unpaired) electrons. The summed E-state index contributed by atoms with van der Waals surface area (Å²) >= 11 is 2.52. The van der Waals surface area contributed by atoms with E-state index in [4.69, 9.17) is 4.74 Å². The van der Waals surface area contributed by atoms with Gasteiger partial charge in [-0.1, -0.05) is 29.0 Å². The molecule has 0 bridgehead atoms. The van der Waals surface area contributed by atoms with Gasteiger partial charge in [0.05, 0.1) is 11.0 Å². The van der Waals surface area contributed by atoms with Crippen molar-refractivity contribution in [1.82, 2.24) is 0 Å². The van der Waals surface area contributed by atoms with Crippen molar-refractivity contribution in [2.24, 2.45) is 5.92 Å². The Morgan fingerprint density at radius 2 is 2.25 bits per heavy atom. The monoisotopic (exact) mass is 338 g/mol. The van der Waals surface area contributed by atoms with Crippen molar-refractivity contribution < 1.29 is 14.3 Å². The Balaban J connectivity index is 1.92. The quantitative estimate of drug-likeness (QED) is 0.480. The van der Waals surface area contributed by atoms with Gasteiger partial charge in [0, 0.05) is 12.3 Å². The van der Waals surface area contributed by atoms with E-state index in [-0.39, 0.29) is 0 Å². The number of quaternary nitrogens is 1. The van der Waals surface area contributed by atoms with E-state index in [1.807, 2.05) is 0 Å². The molecule has 3 nitrogen and oxygen atoms in total. The van der Waals surface area contributed by atoms with E-state index in [0.29, 0.717) is 18.8 Å². The van der Waals surface area contributed by atoms with Crippen LogP contribution in [0.5, 0.6) is 0 Å². The molecule has 0 spiro atoms. The summed E-state index contributed by atoms with van der Waals surface area (Å²) < 4.78 is 8.32. The van der Waals surface area contributed by atoms with Crippen LogP contribution in [-0.4, -0.2) is 52.1 Å². The predicted octanol–water partition coefficient (Wildman–Crippen LogP) is 1.53. The second-order valence-electron chi connectivity index (χ2n) is 5.61. The van der Waals surface area contributed by atoms with Gasteiger partial charge in [-0.3, -0.25) is 4.48 Å². The van der Waals surface area contributed by atoms with Crippen LogP contribution in [0.3, 0.4) is 0 Å². The molecule has 2 heterocycles. The largest absolute Gasteiger partial charge is 0.391 e. The third-order valence-electron chi connectivity index (χ3n) is 5.05. The molecule has 0 aromatic heterocycles. The zero-order valence-electron chi connectivity index (χ0n) is 9.65. The standard InChI is InChI=1S/C12H21INO2/c13-7-10-6-9-2-1-3-11-12(9)14(10,4-5-15)8-16-11/h9-12,15H,1-8H2/q+1/t9-,10+,11+,12-,14?/m0/s1. The van der Waals surface area contributed by atoms with Crippen LogP contribution in [0.25, 0.3) is 0 Å². The minimum atomic E-state index is 0.312. The Morgan fingerprint density at radius 3 is 3.00 bits per heavy atom. The number of alkyl halides is 1. The molecule has 1 saturated carbocycles. The first-order chi connectivity index (χ1) is 7.81. The molecule has 0 aromatic carbocycles. The Labute approximate surface area is 111 Å². The van der Waals surface area contributed by atoms with E-state index in [1.54, 1.807) is 0 Å². The zero-order chi connectivity index (χ0) is 11.2. The van der Waals surface area contributed by atoms with Crippen LogP contribution in [0.1, 0.15) is 25.7 Å². The maximum Gasteiger partial charge on any atom is 0.184 e. The molecule has 4 heteroatoms. The fourth-order valence-electron chi connectivity index (χ4n) is 4.43. The number of halogens is 1. The lowest BCUT2D eigenvalue weighted by molar-refractivity contribution is -0.956. The topological polar surface area (TPSA) is 29.5 Å². The second-order valence-corrected chi connectivity index (χ2v) is 6.49. The number of nitrogens with zero attached hydrogens (tertiary/aromatic N) is 1. The maximum atomic E-state index is 9.37. The van der Waals surface area contributed by atoms with Gasteiger partial charge in [0.1, 0.15) is 24.7 Å². The molecular formula is C12H21INO2+. The molecule has 5 atom stereocenters. The molecule has 0 aromatic rings. The molecule has 3 fully saturated rings. The molecule has 16 heavy (non-hydrogen) atoms. The van der Waals surface area contributed by atoms with E-state index in [0.717, 1.165) is 29.7 Å². The van der Waals surface area contributed by atoms with Gasteiger partial charge in [-0.15, -0.1) is 0 Å². The van der Waals surface area contributed by atoms with Crippen molar-refractivity contribution in [3.63, 3.8) is 0 Å². The Kier molecular flexibility index (Phi) is 3.19. The van der Waals surface area contributed by atoms with Crippen molar-refractivity contribution >= 4 is 22.6 Å². The van der Waals surface area contributed by atoms with E-state index in [1.165, 1.54) is 30.1 Å². The molecule has 2 aliphatic heterocycles. The van der Waals surface area contributed by atoms with Crippen molar-refractivity contribution in [2.45, 2.75) is 43.9 Å². The fourth-order valence-corrected chi connectivity index (χ4v) is 5.57. The molecule has 2 saturated heterocycles. The zero-order valence-corrected chi connectivity index (χ0v) is 11.8. The summed E-state index contributed by atoms with van der Waals surface area (Å²) in [4.78, 5) is 0. The van der Waals surface area contributed by atoms with Gasteiger partial charge >= 0.3 is 0 Å². The van der Waals surface area contributed by atoms with Crippen LogP contribution in [0.15, 0.2) is 0 Å². The highest BCUT2D eigenvalue weighted by atomic mass is 127. The van der Waals surface area contributed by atoms with Gasteiger partial charge in [-0.2, -0.15) is 0 Å². The first kappa shape index (κ1) is 11.7. The molecule has 3 aliphatic rings. The van der Waals surface area contributed by atoms with Gasteiger partial charge in [0.15, 0.2) is 6.73 Å². The van der Waals surface area contributed by atoms with Crippen LogP contribution in [0.4, 0.5) is 0 Å². The van der Waals surface area contributed by atoms with Crippen molar-refractivity contribution in [3.05, 3.63) is 0 Å². The van der Waals surface area contributed by atoms with E-state index in [2.05, 4.69) is 22.6 Å². The molecular weight excluding hydrogens is 317 g/mol. The minimum absolute atomic E-state index is 0.312. The lowest BCUT2D eigenvalue weighted by Crippen LogP contribution is -2.58. The molecule has 3 rings (SSSR count). The van der Waals surface area contributed by atoms with Crippen molar-refractivity contribution in [1.29, 1.82) is 0 Å². The highest BCUT2D eigenvalue weighted by molar-refractivity contribution is 14.1. The number of ether oxygens (including phenoxy) is 1. The molecule has 1 N–H and O–H groups in total. The van der Waals surface area contributed by atoms with Gasteiger partial charge in [0.25, 0.3) is 0 Å².